The van der Waals surface area contributed by atoms with Crippen LogP contribution in [0.3, 0.4) is 0 Å². The summed E-state index contributed by atoms with van der Waals surface area (Å²) in [7, 11) is 0. The van der Waals surface area contributed by atoms with Crippen LogP contribution in [0.4, 0.5) is 5.69 Å². The molecule has 2 rings (SSSR count). The summed E-state index contributed by atoms with van der Waals surface area (Å²) < 4.78 is 12.1. The molecule has 0 bridgehead atoms. The van der Waals surface area contributed by atoms with E-state index in [9.17, 15) is 4.79 Å². The summed E-state index contributed by atoms with van der Waals surface area (Å²) in [5.41, 5.74) is 1.68. The highest BCUT2D eigenvalue weighted by Crippen LogP contribution is 2.33. The van der Waals surface area contributed by atoms with Crippen LogP contribution in [0.25, 0.3) is 0 Å². The van der Waals surface area contributed by atoms with E-state index in [2.05, 4.69) is 42.0 Å². The molecule has 0 aliphatic rings. The third-order valence-corrected chi connectivity index (χ3v) is 4.05. The number of carbonyl (C=O) groups excluding carboxylic acids is 1. The van der Waals surface area contributed by atoms with Crippen LogP contribution in [0.1, 0.15) is 33.3 Å². The van der Waals surface area contributed by atoms with Crippen molar-refractivity contribution in [1.82, 2.24) is 0 Å². The minimum Gasteiger partial charge on any atom is -0.494 e. The van der Waals surface area contributed by atoms with E-state index < -0.39 is 0 Å². The monoisotopic (exact) mass is 405 g/mol. The summed E-state index contributed by atoms with van der Waals surface area (Å²) in [6, 6.07) is 13.1. The van der Waals surface area contributed by atoms with Crippen molar-refractivity contribution < 1.29 is 14.3 Å². The van der Waals surface area contributed by atoms with Crippen molar-refractivity contribution >= 4 is 27.5 Å². The number of nitrogens with one attached hydrogen (secondary N) is 1. The molecular weight excluding hydrogens is 382 g/mol. The Hall–Kier alpha value is -2.01. The molecule has 2 aromatic carbocycles. The molecule has 0 radical (unpaired) electrons. The lowest BCUT2D eigenvalue weighted by Crippen LogP contribution is -2.22. The number of carbonyl (C=O) groups is 1. The van der Waals surface area contributed by atoms with Crippen LogP contribution in [0.15, 0.2) is 46.9 Å². The molecule has 2 aromatic rings. The zero-order valence-corrected chi connectivity index (χ0v) is 16.6. The van der Waals surface area contributed by atoms with Gasteiger partial charge in [-0.2, -0.15) is 0 Å². The largest absolute Gasteiger partial charge is 0.494 e. The van der Waals surface area contributed by atoms with Crippen LogP contribution in [0, 0.1) is 0 Å². The van der Waals surface area contributed by atoms with Gasteiger partial charge in [-0.3, -0.25) is 4.79 Å². The molecule has 0 saturated heterocycles. The second-order valence-electron chi connectivity index (χ2n) is 6.68. The fraction of sp³-hybridized carbons (Fsp3) is 0.350. The number of hydrogen-bond acceptors (Lipinski definition) is 3. The Labute approximate surface area is 157 Å². The fourth-order valence-corrected chi connectivity index (χ4v) is 2.72. The predicted octanol–water partition coefficient (Wildman–Crippen LogP) is 5.16. The maximum atomic E-state index is 12.1. The summed E-state index contributed by atoms with van der Waals surface area (Å²) in [4.78, 5) is 12.1. The van der Waals surface area contributed by atoms with Crippen LogP contribution in [-0.2, 0) is 10.2 Å². The van der Waals surface area contributed by atoms with Gasteiger partial charge in [0.1, 0.15) is 11.5 Å². The van der Waals surface area contributed by atoms with Crippen LogP contribution in [-0.4, -0.2) is 19.1 Å². The molecule has 1 N–H and O–H groups in total. The maximum Gasteiger partial charge on any atom is 0.262 e. The first-order valence-corrected chi connectivity index (χ1v) is 9.04. The number of ether oxygens (including phenoxy) is 2. The molecule has 1 amide bonds. The maximum absolute atomic E-state index is 12.1. The summed E-state index contributed by atoms with van der Waals surface area (Å²) in [5, 5.41) is 2.82. The number of halogens is 1. The average Bonchev–Trinajstić information content (AvgIpc) is 2.55. The van der Waals surface area contributed by atoms with Crippen molar-refractivity contribution in [3.05, 3.63) is 52.5 Å². The van der Waals surface area contributed by atoms with E-state index in [0.717, 1.165) is 21.5 Å². The summed E-state index contributed by atoms with van der Waals surface area (Å²) in [6.07, 6.45) is 0. The highest BCUT2D eigenvalue weighted by Gasteiger charge is 2.20. The standard InChI is InChI=1S/C20H24BrNO3/c1-5-24-16-9-7-15(8-10-16)22-19(23)13-25-18-11-6-14(21)12-17(18)20(2,3)4/h6-12H,5,13H2,1-4H3,(H,22,23). The Morgan fingerprint density at radius 3 is 2.36 bits per heavy atom. The highest BCUT2D eigenvalue weighted by atomic mass is 79.9. The molecule has 0 spiro atoms. The normalized spacial score (nSPS) is 11.1. The Morgan fingerprint density at radius 2 is 1.76 bits per heavy atom. The van der Waals surface area contributed by atoms with Gasteiger partial charge >= 0.3 is 0 Å². The van der Waals surface area contributed by atoms with Crippen LogP contribution < -0.4 is 14.8 Å². The van der Waals surface area contributed by atoms with E-state index in [1.165, 1.54) is 0 Å². The molecule has 0 aliphatic carbocycles. The fourth-order valence-electron chi connectivity index (χ4n) is 2.36. The van der Waals surface area contributed by atoms with Crippen molar-refractivity contribution in [2.45, 2.75) is 33.1 Å². The van der Waals surface area contributed by atoms with Crippen molar-refractivity contribution in [2.24, 2.45) is 0 Å². The molecule has 4 nitrogen and oxygen atoms in total. The number of benzene rings is 2. The molecule has 0 unspecified atom stereocenters. The van der Waals surface area contributed by atoms with E-state index in [1.807, 2.05) is 49.4 Å². The first-order chi connectivity index (χ1) is 11.8. The first kappa shape index (κ1) is 19.3. The molecule has 0 aromatic heterocycles. The molecule has 0 saturated carbocycles. The van der Waals surface area contributed by atoms with Gasteiger partial charge in [0.15, 0.2) is 6.61 Å². The third kappa shape index (κ3) is 5.78. The second kappa shape index (κ2) is 8.39. The molecule has 134 valence electrons. The van der Waals surface area contributed by atoms with Gasteiger partial charge < -0.3 is 14.8 Å². The van der Waals surface area contributed by atoms with Crippen molar-refractivity contribution in [3.8, 4) is 11.5 Å². The Kier molecular flexibility index (Phi) is 6.48. The van der Waals surface area contributed by atoms with E-state index in [1.54, 1.807) is 0 Å². The van der Waals surface area contributed by atoms with Crippen molar-refractivity contribution in [3.63, 3.8) is 0 Å². The number of anilines is 1. The number of rotatable bonds is 6. The van der Waals surface area contributed by atoms with Gasteiger partial charge in [0.2, 0.25) is 0 Å². The van der Waals surface area contributed by atoms with E-state index >= 15 is 0 Å². The molecule has 0 heterocycles. The lowest BCUT2D eigenvalue weighted by atomic mass is 9.86. The molecule has 0 fully saturated rings. The van der Waals surface area contributed by atoms with Gasteiger partial charge in [-0.15, -0.1) is 0 Å². The van der Waals surface area contributed by atoms with Gasteiger partial charge in [-0.25, -0.2) is 0 Å². The van der Waals surface area contributed by atoms with Gasteiger partial charge in [0.05, 0.1) is 6.61 Å². The molecule has 0 aliphatic heterocycles. The molecule has 25 heavy (non-hydrogen) atoms. The number of hydrogen-bond donors (Lipinski definition) is 1. The first-order valence-electron chi connectivity index (χ1n) is 8.25. The highest BCUT2D eigenvalue weighted by molar-refractivity contribution is 9.10. The van der Waals surface area contributed by atoms with Gasteiger partial charge in [-0.1, -0.05) is 36.7 Å². The van der Waals surface area contributed by atoms with E-state index in [4.69, 9.17) is 9.47 Å². The average molecular weight is 406 g/mol. The summed E-state index contributed by atoms with van der Waals surface area (Å²) in [6.45, 7) is 8.84. The van der Waals surface area contributed by atoms with Gasteiger partial charge in [-0.05, 0) is 54.8 Å². The molecular formula is C20H24BrNO3. The zero-order chi connectivity index (χ0) is 18.4. The third-order valence-electron chi connectivity index (χ3n) is 3.56. The Bertz CT molecular complexity index is 721. The minimum absolute atomic E-state index is 0.0437. The molecule has 5 heteroatoms. The topological polar surface area (TPSA) is 47.6 Å². The SMILES string of the molecule is CCOc1ccc(NC(=O)COc2ccc(Br)cc2C(C)(C)C)cc1. The van der Waals surface area contributed by atoms with Crippen LogP contribution in [0.5, 0.6) is 11.5 Å². The predicted molar refractivity (Wildman–Crippen MR) is 105 cm³/mol. The van der Waals surface area contributed by atoms with Crippen molar-refractivity contribution in [1.29, 1.82) is 0 Å². The zero-order valence-electron chi connectivity index (χ0n) is 15.1. The number of amides is 1. The minimum atomic E-state index is -0.202. The quantitative estimate of drug-likeness (QED) is 0.721. The Balaban J connectivity index is 1.98. The van der Waals surface area contributed by atoms with Crippen LogP contribution in [0.2, 0.25) is 0 Å². The van der Waals surface area contributed by atoms with Crippen LogP contribution >= 0.6 is 15.9 Å². The van der Waals surface area contributed by atoms with E-state index in [0.29, 0.717) is 12.3 Å². The Morgan fingerprint density at radius 1 is 1.08 bits per heavy atom. The summed E-state index contributed by atoms with van der Waals surface area (Å²) >= 11 is 3.48. The lowest BCUT2D eigenvalue weighted by Gasteiger charge is -2.23. The summed E-state index contributed by atoms with van der Waals surface area (Å²) in [5.74, 6) is 1.30. The molecule has 0 atom stereocenters. The van der Waals surface area contributed by atoms with Gasteiger partial charge in [0.25, 0.3) is 5.91 Å². The lowest BCUT2D eigenvalue weighted by molar-refractivity contribution is -0.118. The van der Waals surface area contributed by atoms with Gasteiger partial charge in [0, 0.05) is 15.7 Å². The second-order valence-corrected chi connectivity index (χ2v) is 7.60. The smallest absolute Gasteiger partial charge is 0.262 e. The van der Waals surface area contributed by atoms with E-state index in [-0.39, 0.29) is 17.9 Å². The van der Waals surface area contributed by atoms with Crippen molar-refractivity contribution in [2.75, 3.05) is 18.5 Å².